The maximum atomic E-state index is 13.0. The Hall–Kier alpha value is -3.73. The standard InChI is InChI=1S/C29H31N3O6S/c1-19-6-10-24(16-27(19)37-29-5-3-4-14-35-29)39(33,34)38-20(2)18-36-23-9-12-25-21(15-23)7-11-26(32-25)22-8-13-28(30)31-17-22/h6-13,15-17,20,29H,3-5,14,18H2,1-2H3,(H2,30,31). The molecule has 0 amide bonds. The van der Waals surface area contributed by atoms with E-state index in [2.05, 4.69) is 9.97 Å². The fraction of sp³-hybridized carbons (Fsp3) is 0.310. The fourth-order valence-corrected chi connectivity index (χ4v) is 5.32. The van der Waals surface area contributed by atoms with Gasteiger partial charge >= 0.3 is 0 Å². The Balaban J connectivity index is 1.21. The van der Waals surface area contributed by atoms with Gasteiger partial charge in [-0.2, -0.15) is 8.42 Å². The van der Waals surface area contributed by atoms with Gasteiger partial charge in [0.2, 0.25) is 0 Å². The van der Waals surface area contributed by atoms with Gasteiger partial charge in [-0.25, -0.2) is 9.97 Å². The van der Waals surface area contributed by atoms with Crippen molar-refractivity contribution in [2.75, 3.05) is 18.9 Å². The molecule has 10 heteroatoms. The highest BCUT2D eigenvalue weighted by Gasteiger charge is 2.23. The SMILES string of the molecule is Cc1ccc(S(=O)(=O)OC(C)COc2ccc3nc(-c4ccc(N)nc4)ccc3c2)cc1OC1CCCCO1. The number of ether oxygens (including phenoxy) is 3. The minimum absolute atomic E-state index is 0.0228. The van der Waals surface area contributed by atoms with Crippen LogP contribution in [0.4, 0.5) is 5.82 Å². The van der Waals surface area contributed by atoms with Gasteiger partial charge in [0.15, 0.2) is 6.29 Å². The van der Waals surface area contributed by atoms with Gasteiger partial charge < -0.3 is 19.9 Å². The summed E-state index contributed by atoms with van der Waals surface area (Å²) in [6, 6.07) is 17.7. The summed E-state index contributed by atoms with van der Waals surface area (Å²) in [6.07, 6.45) is 3.37. The lowest BCUT2D eigenvalue weighted by Gasteiger charge is -2.24. The van der Waals surface area contributed by atoms with Gasteiger partial charge in [-0.1, -0.05) is 12.1 Å². The largest absolute Gasteiger partial charge is 0.491 e. The first-order valence-electron chi connectivity index (χ1n) is 12.8. The number of nitrogens with two attached hydrogens (primary N) is 1. The van der Waals surface area contributed by atoms with Gasteiger partial charge in [0.1, 0.15) is 30.0 Å². The Kier molecular flexibility index (Phi) is 7.97. The molecule has 3 heterocycles. The summed E-state index contributed by atoms with van der Waals surface area (Å²) >= 11 is 0. The third-order valence-electron chi connectivity index (χ3n) is 6.36. The number of benzene rings is 2. The van der Waals surface area contributed by atoms with Gasteiger partial charge in [-0.3, -0.25) is 4.18 Å². The summed E-state index contributed by atoms with van der Waals surface area (Å²) in [5.74, 6) is 1.50. The van der Waals surface area contributed by atoms with Crippen molar-refractivity contribution in [3.05, 3.63) is 72.4 Å². The molecular formula is C29H31N3O6S. The molecule has 4 aromatic rings. The minimum Gasteiger partial charge on any atom is -0.491 e. The van der Waals surface area contributed by atoms with E-state index in [0.717, 1.165) is 47.0 Å². The second kappa shape index (κ2) is 11.6. The topological polar surface area (TPSA) is 123 Å². The molecule has 9 nitrogen and oxygen atoms in total. The number of anilines is 1. The molecule has 0 bridgehead atoms. The Morgan fingerprint density at radius 3 is 2.72 bits per heavy atom. The molecule has 1 saturated heterocycles. The summed E-state index contributed by atoms with van der Waals surface area (Å²) in [5.41, 5.74) is 8.94. The first kappa shape index (κ1) is 26.9. The van der Waals surface area contributed by atoms with Crippen LogP contribution in [0, 0.1) is 6.92 Å². The van der Waals surface area contributed by atoms with Gasteiger partial charge in [-0.15, -0.1) is 0 Å². The molecule has 0 aliphatic carbocycles. The number of aromatic nitrogens is 2. The van der Waals surface area contributed by atoms with E-state index < -0.39 is 16.2 Å². The Labute approximate surface area is 228 Å². The van der Waals surface area contributed by atoms with E-state index in [9.17, 15) is 8.42 Å². The molecule has 1 aliphatic rings. The first-order chi connectivity index (χ1) is 18.8. The van der Waals surface area contributed by atoms with Gasteiger partial charge in [-0.05, 0) is 74.7 Å². The minimum atomic E-state index is -4.04. The number of hydrogen-bond acceptors (Lipinski definition) is 9. The summed E-state index contributed by atoms with van der Waals surface area (Å²) in [6.45, 7) is 4.19. The number of hydrogen-bond donors (Lipinski definition) is 1. The Bertz CT molecular complexity index is 1550. The summed E-state index contributed by atoms with van der Waals surface area (Å²) < 4.78 is 48.8. The van der Waals surface area contributed by atoms with Crippen LogP contribution in [0.5, 0.6) is 11.5 Å². The van der Waals surface area contributed by atoms with Crippen LogP contribution in [0.1, 0.15) is 31.7 Å². The molecule has 2 aromatic carbocycles. The number of rotatable bonds is 9. The van der Waals surface area contributed by atoms with E-state index >= 15 is 0 Å². The molecule has 0 spiro atoms. The quantitative estimate of drug-likeness (QED) is 0.278. The highest BCUT2D eigenvalue weighted by atomic mass is 32.2. The summed E-state index contributed by atoms with van der Waals surface area (Å²) in [5, 5.41) is 0.884. The Morgan fingerprint density at radius 1 is 1.08 bits per heavy atom. The first-order valence-corrected chi connectivity index (χ1v) is 14.3. The second-order valence-electron chi connectivity index (χ2n) is 9.54. The maximum absolute atomic E-state index is 13.0. The van der Waals surface area contributed by atoms with Crippen molar-refractivity contribution < 1.29 is 26.8 Å². The van der Waals surface area contributed by atoms with Crippen LogP contribution in [-0.2, 0) is 19.0 Å². The molecule has 0 saturated carbocycles. The van der Waals surface area contributed by atoms with Gasteiger partial charge in [0.25, 0.3) is 10.1 Å². The zero-order valence-electron chi connectivity index (χ0n) is 21.9. The lowest BCUT2D eigenvalue weighted by Crippen LogP contribution is -2.25. The average molecular weight is 550 g/mol. The molecule has 5 rings (SSSR count). The second-order valence-corrected chi connectivity index (χ2v) is 11.1. The van der Waals surface area contributed by atoms with Crippen molar-refractivity contribution in [1.82, 2.24) is 9.97 Å². The van der Waals surface area contributed by atoms with Crippen molar-refractivity contribution in [1.29, 1.82) is 0 Å². The van der Waals surface area contributed by atoms with E-state index in [0.29, 0.717) is 23.9 Å². The number of pyridine rings is 2. The van der Waals surface area contributed by atoms with Crippen LogP contribution in [0.15, 0.2) is 71.8 Å². The maximum Gasteiger partial charge on any atom is 0.297 e. The number of aryl methyl sites for hydroxylation is 1. The molecule has 2 aromatic heterocycles. The number of nitrogens with zero attached hydrogens (tertiary/aromatic N) is 2. The predicted octanol–water partition coefficient (Wildman–Crippen LogP) is 5.27. The van der Waals surface area contributed by atoms with Gasteiger partial charge in [0, 0.05) is 29.6 Å². The molecule has 1 aliphatic heterocycles. The molecule has 204 valence electrons. The molecule has 0 radical (unpaired) electrons. The zero-order valence-corrected chi connectivity index (χ0v) is 22.7. The zero-order chi connectivity index (χ0) is 27.4. The van der Waals surface area contributed by atoms with E-state index in [1.54, 1.807) is 31.3 Å². The van der Waals surface area contributed by atoms with Crippen LogP contribution in [-0.4, -0.2) is 44.0 Å². The lowest BCUT2D eigenvalue weighted by molar-refractivity contribution is -0.106. The third kappa shape index (κ3) is 6.65. The monoisotopic (exact) mass is 549 g/mol. The molecule has 2 N–H and O–H groups in total. The van der Waals surface area contributed by atoms with Gasteiger partial charge in [0.05, 0.1) is 22.7 Å². The van der Waals surface area contributed by atoms with Crippen molar-refractivity contribution in [3.63, 3.8) is 0 Å². The molecule has 1 fully saturated rings. The van der Waals surface area contributed by atoms with E-state index in [1.165, 1.54) is 12.1 Å². The third-order valence-corrected chi connectivity index (χ3v) is 7.78. The van der Waals surface area contributed by atoms with Crippen LogP contribution >= 0.6 is 0 Å². The smallest absolute Gasteiger partial charge is 0.297 e. The highest BCUT2D eigenvalue weighted by molar-refractivity contribution is 7.86. The number of nitrogen functional groups attached to an aromatic ring is 1. The molecule has 2 unspecified atom stereocenters. The van der Waals surface area contributed by atoms with Crippen molar-refractivity contribution in [2.45, 2.75) is 50.4 Å². The van der Waals surface area contributed by atoms with Crippen LogP contribution in [0.25, 0.3) is 22.2 Å². The Morgan fingerprint density at radius 2 is 1.95 bits per heavy atom. The van der Waals surface area contributed by atoms with E-state index in [4.69, 9.17) is 24.1 Å². The fourth-order valence-electron chi connectivity index (χ4n) is 4.23. The predicted molar refractivity (Wildman–Crippen MR) is 148 cm³/mol. The molecule has 39 heavy (non-hydrogen) atoms. The van der Waals surface area contributed by atoms with Crippen LogP contribution in [0.2, 0.25) is 0 Å². The van der Waals surface area contributed by atoms with Crippen LogP contribution in [0.3, 0.4) is 0 Å². The highest BCUT2D eigenvalue weighted by Crippen LogP contribution is 2.28. The van der Waals surface area contributed by atoms with Crippen molar-refractivity contribution >= 4 is 26.8 Å². The van der Waals surface area contributed by atoms with E-state index in [-0.39, 0.29) is 17.8 Å². The summed E-state index contributed by atoms with van der Waals surface area (Å²) in [4.78, 5) is 8.83. The average Bonchev–Trinajstić information content (AvgIpc) is 2.93. The van der Waals surface area contributed by atoms with Crippen molar-refractivity contribution in [3.8, 4) is 22.8 Å². The molecule has 2 atom stereocenters. The number of fused-ring (bicyclic) bond motifs is 1. The molecular weight excluding hydrogens is 518 g/mol. The van der Waals surface area contributed by atoms with E-state index in [1.807, 2.05) is 37.3 Å². The van der Waals surface area contributed by atoms with Crippen molar-refractivity contribution in [2.24, 2.45) is 0 Å². The normalized spacial score (nSPS) is 16.6. The summed E-state index contributed by atoms with van der Waals surface area (Å²) in [7, 11) is -4.04. The van der Waals surface area contributed by atoms with Crippen LogP contribution < -0.4 is 15.2 Å². The lowest BCUT2D eigenvalue weighted by atomic mass is 10.1.